The first kappa shape index (κ1) is 23.3. The van der Waals surface area contributed by atoms with Crippen molar-refractivity contribution in [1.29, 1.82) is 0 Å². The van der Waals surface area contributed by atoms with Crippen LogP contribution in [0, 0.1) is 0 Å². The van der Waals surface area contributed by atoms with Crippen LogP contribution in [0.4, 0.5) is 0 Å². The molecule has 166 valence electrons. The van der Waals surface area contributed by atoms with Crippen molar-refractivity contribution in [3.8, 4) is 5.75 Å². The number of para-hydroxylation sites is 1. The van der Waals surface area contributed by atoms with E-state index in [1.807, 2.05) is 24.3 Å². The lowest BCUT2D eigenvalue weighted by Crippen LogP contribution is -2.19. The second kappa shape index (κ2) is 10.8. The van der Waals surface area contributed by atoms with Crippen molar-refractivity contribution in [2.75, 3.05) is 5.75 Å². The Morgan fingerprint density at radius 3 is 2.64 bits per heavy atom. The molecule has 1 heterocycles. The van der Waals surface area contributed by atoms with Gasteiger partial charge in [0.1, 0.15) is 5.75 Å². The van der Waals surface area contributed by atoms with Gasteiger partial charge >= 0.3 is 5.97 Å². The first-order valence-electron chi connectivity index (χ1n) is 9.55. The Hall–Kier alpha value is -2.91. The van der Waals surface area contributed by atoms with E-state index in [0.717, 1.165) is 20.1 Å². The summed E-state index contributed by atoms with van der Waals surface area (Å²) >= 11 is 14.8. The predicted octanol–water partition coefficient (Wildman–Crippen LogP) is 6.06. The molecule has 3 aromatic carbocycles. The van der Waals surface area contributed by atoms with Crippen molar-refractivity contribution in [2.45, 2.75) is 4.34 Å². The summed E-state index contributed by atoms with van der Waals surface area (Å²) in [5, 5.41) is 4.61. The maximum Gasteiger partial charge on any atom is 0.345 e. The molecule has 4 rings (SSSR count). The van der Waals surface area contributed by atoms with E-state index >= 15 is 0 Å². The molecule has 33 heavy (non-hydrogen) atoms. The standard InChI is InChI=1S/C23H15Cl2N3O3S2/c24-15-7-10-17(18(25)11-15)22(30)31-16-8-5-14(6-9-16)12-26-28-21(29)13-32-23-27-19-3-1-2-4-20(19)33-23/h1-12H,13H2,(H,28,29)/b26-12-. The number of nitrogens with one attached hydrogen (secondary N) is 1. The lowest BCUT2D eigenvalue weighted by atomic mass is 10.2. The molecule has 0 aliphatic rings. The Kier molecular flexibility index (Phi) is 7.61. The molecular weight excluding hydrogens is 501 g/mol. The van der Waals surface area contributed by atoms with E-state index in [4.69, 9.17) is 27.9 Å². The summed E-state index contributed by atoms with van der Waals surface area (Å²) in [6.45, 7) is 0. The van der Waals surface area contributed by atoms with Crippen LogP contribution >= 0.6 is 46.3 Å². The third-order valence-electron chi connectivity index (χ3n) is 4.25. The molecule has 1 N–H and O–H groups in total. The van der Waals surface area contributed by atoms with Crippen LogP contribution < -0.4 is 10.2 Å². The number of carbonyl (C=O) groups is 2. The molecular formula is C23H15Cl2N3O3S2. The number of hydrazone groups is 1. The fourth-order valence-electron chi connectivity index (χ4n) is 2.69. The largest absolute Gasteiger partial charge is 0.423 e. The average molecular weight is 516 g/mol. The van der Waals surface area contributed by atoms with Gasteiger partial charge in [0.05, 0.1) is 32.8 Å². The van der Waals surface area contributed by atoms with Crippen LogP contribution in [0.25, 0.3) is 10.2 Å². The second-order valence-corrected chi connectivity index (χ2v) is 9.71. The molecule has 10 heteroatoms. The van der Waals surface area contributed by atoms with Gasteiger partial charge in [0.25, 0.3) is 5.91 Å². The Morgan fingerprint density at radius 1 is 1.09 bits per heavy atom. The molecule has 0 spiro atoms. The van der Waals surface area contributed by atoms with Crippen LogP contribution in [-0.2, 0) is 4.79 Å². The minimum atomic E-state index is -0.587. The Bertz CT molecular complexity index is 1310. The maximum absolute atomic E-state index is 12.3. The van der Waals surface area contributed by atoms with Gasteiger partial charge in [-0.25, -0.2) is 15.2 Å². The number of benzene rings is 3. The summed E-state index contributed by atoms with van der Waals surface area (Å²) in [7, 11) is 0. The smallest absolute Gasteiger partial charge is 0.345 e. The van der Waals surface area contributed by atoms with Crippen molar-refractivity contribution >= 4 is 74.6 Å². The van der Waals surface area contributed by atoms with Gasteiger partial charge in [-0.15, -0.1) is 11.3 Å². The highest BCUT2D eigenvalue weighted by Crippen LogP contribution is 2.29. The molecule has 0 saturated heterocycles. The van der Waals surface area contributed by atoms with Crippen molar-refractivity contribution in [2.24, 2.45) is 5.10 Å². The first-order chi connectivity index (χ1) is 16.0. The summed E-state index contributed by atoms with van der Waals surface area (Å²) in [5.74, 6) is -0.268. The molecule has 0 radical (unpaired) electrons. The van der Waals surface area contributed by atoms with Crippen LogP contribution in [0.1, 0.15) is 15.9 Å². The summed E-state index contributed by atoms with van der Waals surface area (Å²) in [6.07, 6.45) is 1.50. The van der Waals surface area contributed by atoms with Crippen molar-refractivity contribution in [3.63, 3.8) is 0 Å². The van der Waals surface area contributed by atoms with Crippen LogP contribution in [0.3, 0.4) is 0 Å². The summed E-state index contributed by atoms with van der Waals surface area (Å²) < 4.78 is 7.25. The molecule has 0 fully saturated rings. The molecule has 0 atom stereocenters. The number of hydrogen-bond acceptors (Lipinski definition) is 7. The molecule has 1 aromatic heterocycles. The number of nitrogens with zero attached hydrogens (tertiary/aromatic N) is 2. The van der Waals surface area contributed by atoms with E-state index in [1.54, 1.807) is 41.7 Å². The second-order valence-electron chi connectivity index (χ2n) is 6.61. The highest BCUT2D eigenvalue weighted by atomic mass is 35.5. The van der Waals surface area contributed by atoms with Gasteiger partial charge in [0, 0.05) is 5.02 Å². The van der Waals surface area contributed by atoms with E-state index in [1.165, 1.54) is 30.1 Å². The number of thiazole rings is 1. The molecule has 0 aliphatic heterocycles. The van der Waals surface area contributed by atoms with Crippen molar-refractivity contribution in [1.82, 2.24) is 10.4 Å². The monoisotopic (exact) mass is 515 g/mol. The molecule has 6 nitrogen and oxygen atoms in total. The third-order valence-corrected chi connectivity index (χ3v) is 6.97. The van der Waals surface area contributed by atoms with E-state index in [2.05, 4.69) is 15.5 Å². The number of thioether (sulfide) groups is 1. The number of esters is 1. The molecule has 0 aliphatic carbocycles. The van der Waals surface area contributed by atoms with Crippen LogP contribution in [0.15, 0.2) is 76.2 Å². The van der Waals surface area contributed by atoms with Crippen LogP contribution in [0.5, 0.6) is 5.75 Å². The Balaban J connectivity index is 1.26. The minimum absolute atomic E-state index is 0.208. The predicted molar refractivity (Wildman–Crippen MR) is 134 cm³/mol. The molecule has 1 amide bonds. The fraction of sp³-hybridized carbons (Fsp3) is 0.0435. The normalized spacial score (nSPS) is 11.1. The van der Waals surface area contributed by atoms with E-state index in [9.17, 15) is 9.59 Å². The average Bonchev–Trinajstić information content (AvgIpc) is 3.22. The van der Waals surface area contributed by atoms with Gasteiger partial charge in [-0.05, 0) is 60.2 Å². The van der Waals surface area contributed by atoms with E-state index in [0.29, 0.717) is 10.8 Å². The third kappa shape index (κ3) is 6.33. The lowest BCUT2D eigenvalue weighted by molar-refractivity contribution is -0.118. The van der Waals surface area contributed by atoms with Crippen molar-refractivity contribution in [3.05, 3.63) is 87.9 Å². The number of amides is 1. The van der Waals surface area contributed by atoms with Gasteiger partial charge in [-0.1, -0.05) is 47.1 Å². The number of fused-ring (bicyclic) bond motifs is 1. The Morgan fingerprint density at radius 2 is 1.88 bits per heavy atom. The van der Waals surface area contributed by atoms with Crippen LogP contribution in [-0.4, -0.2) is 28.8 Å². The maximum atomic E-state index is 12.3. The number of ether oxygens (including phenoxy) is 1. The zero-order valence-electron chi connectivity index (χ0n) is 16.8. The van der Waals surface area contributed by atoms with Crippen molar-refractivity contribution < 1.29 is 14.3 Å². The summed E-state index contributed by atoms with van der Waals surface area (Å²) in [5.41, 5.74) is 4.36. The summed E-state index contributed by atoms with van der Waals surface area (Å²) in [6, 6.07) is 19.0. The number of aromatic nitrogens is 1. The SMILES string of the molecule is O=C(CSc1nc2ccccc2s1)N/N=C\c1ccc(OC(=O)c2ccc(Cl)cc2Cl)cc1. The van der Waals surface area contributed by atoms with Gasteiger partial charge < -0.3 is 4.74 Å². The highest BCUT2D eigenvalue weighted by Gasteiger charge is 2.13. The van der Waals surface area contributed by atoms with Gasteiger partial charge in [0.15, 0.2) is 4.34 Å². The zero-order valence-corrected chi connectivity index (χ0v) is 20.0. The van der Waals surface area contributed by atoms with E-state index in [-0.39, 0.29) is 22.2 Å². The number of hydrogen-bond donors (Lipinski definition) is 1. The number of rotatable bonds is 7. The van der Waals surface area contributed by atoms with Gasteiger partial charge in [0.2, 0.25) is 0 Å². The molecule has 0 unspecified atom stereocenters. The lowest BCUT2D eigenvalue weighted by Gasteiger charge is -2.06. The van der Waals surface area contributed by atoms with Gasteiger partial charge in [-0.3, -0.25) is 4.79 Å². The zero-order chi connectivity index (χ0) is 23.2. The van der Waals surface area contributed by atoms with E-state index < -0.39 is 5.97 Å². The first-order valence-corrected chi connectivity index (χ1v) is 12.1. The van der Waals surface area contributed by atoms with Gasteiger partial charge in [-0.2, -0.15) is 5.10 Å². The molecule has 0 saturated carbocycles. The molecule has 4 aromatic rings. The summed E-state index contributed by atoms with van der Waals surface area (Å²) in [4.78, 5) is 28.8. The fourth-order valence-corrected chi connectivity index (χ4v) is 5.04. The topological polar surface area (TPSA) is 80.7 Å². The minimum Gasteiger partial charge on any atom is -0.423 e. The Labute approximate surface area is 207 Å². The number of halogens is 2. The molecule has 0 bridgehead atoms. The quantitative estimate of drug-likeness (QED) is 0.106. The van der Waals surface area contributed by atoms with Crippen LogP contribution in [0.2, 0.25) is 10.0 Å². The highest BCUT2D eigenvalue weighted by molar-refractivity contribution is 8.01. The number of carbonyl (C=O) groups excluding carboxylic acids is 2.